The van der Waals surface area contributed by atoms with Crippen LogP contribution in [0.3, 0.4) is 0 Å². The summed E-state index contributed by atoms with van der Waals surface area (Å²) in [5.41, 5.74) is 1.52. The highest BCUT2D eigenvalue weighted by Gasteiger charge is 2.49. The normalized spacial score (nSPS) is 27.4. The lowest BCUT2D eigenvalue weighted by Gasteiger charge is -2.49. The molecule has 1 saturated heterocycles. The van der Waals surface area contributed by atoms with E-state index in [4.69, 9.17) is 13.9 Å². The summed E-state index contributed by atoms with van der Waals surface area (Å²) in [7, 11) is -0.615. The zero-order valence-electron chi connectivity index (χ0n) is 18.0. The molecule has 0 bridgehead atoms. The van der Waals surface area contributed by atoms with Crippen molar-refractivity contribution in [1.82, 2.24) is 0 Å². The minimum Gasteiger partial charge on any atom is -0.469 e. The average Bonchev–Trinajstić information content (AvgIpc) is 2.55. The molecule has 0 radical (unpaired) electrons. The Morgan fingerprint density at radius 3 is 2.12 bits per heavy atom. The van der Waals surface area contributed by atoms with Crippen molar-refractivity contribution in [2.45, 2.75) is 103 Å². The van der Waals surface area contributed by atoms with E-state index in [1.165, 1.54) is 7.11 Å². The number of carbonyl (C=O) groups is 1. The van der Waals surface area contributed by atoms with Crippen LogP contribution in [0.25, 0.3) is 0 Å². The second-order valence-corrected chi connectivity index (χ2v) is 14.1. The van der Waals surface area contributed by atoms with E-state index in [0.29, 0.717) is 23.0 Å². The van der Waals surface area contributed by atoms with Gasteiger partial charge in [-0.3, -0.25) is 4.79 Å². The molecule has 0 aromatic carbocycles. The first-order valence-corrected chi connectivity index (χ1v) is 12.2. The number of hydrogen-bond acceptors (Lipinski definition) is 5. The fraction of sp³-hybridized carbons (Fsp3) is 0.950. The third-order valence-corrected chi connectivity index (χ3v) is 12.3. The quantitative estimate of drug-likeness (QED) is 0.471. The molecule has 0 amide bonds. The van der Waals surface area contributed by atoms with Gasteiger partial charge in [-0.2, -0.15) is 0 Å². The lowest BCUT2D eigenvalue weighted by Crippen LogP contribution is -2.55. The maximum atomic E-state index is 11.8. The van der Waals surface area contributed by atoms with E-state index in [0.717, 1.165) is 6.42 Å². The molecule has 5 nitrogen and oxygen atoms in total. The first-order valence-electron chi connectivity index (χ1n) is 10.1. The zero-order chi connectivity index (χ0) is 20.1. The fourth-order valence-corrected chi connectivity index (χ4v) is 10.4. The van der Waals surface area contributed by atoms with E-state index in [2.05, 4.69) is 48.5 Å². The second-order valence-electron chi connectivity index (χ2n) is 8.66. The van der Waals surface area contributed by atoms with Crippen LogP contribution in [0.1, 0.15) is 67.7 Å². The predicted octanol–water partition coefficient (Wildman–Crippen LogP) is 4.29. The highest BCUT2D eigenvalue weighted by molar-refractivity contribution is 6.77. The highest BCUT2D eigenvalue weighted by Crippen LogP contribution is 2.45. The van der Waals surface area contributed by atoms with Crippen molar-refractivity contribution in [3.63, 3.8) is 0 Å². The van der Waals surface area contributed by atoms with Gasteiger partial charge in [0.05, 0.1) is 31.8 Å². The summed E-state index contributed by atoms with van der Waals surface area (Å²) in [6.45, 7) is 15.9. The average molecular weight is 389 g/mol. The molecule has 0 saturated carbocycles. The maximum absolute atomic E-state index is 11.8. The summed E-state index contributed by atoms with van der Waals surface area (Å²) in [6.07, 6.45) is 1.34. The van der Waals surface area contributed by atoms with Gasteiger partial charge in [-0.25, -0.2) is 0 Å². The minimum atomic E-state index is -2.02. The molecule has 26 heavy (non-hydrogen) atoms. The molecule has 154 valence electrons. The standard InChI is InChI=1S/C20H40O5Si/c1-13(2)26(14(3)4,15(5)6)25-19-11-17(9-10-21)24-18(16(19)7)12-20(22)23-8/h13-19,21H,9-12H2,1-8H3/t16-,17+,18-,19-/m0/s1. The monoisotopic (exact) mass is 388 g/mol. The summed E-state index contributed by atoms with van der Waals surface area (Å²) in [6, 6.07) is 0. The van der Waals surface area contributed by atoms with Crippen molar-refractivity contribution in [3.05, 3.63) is 0 Å². The molecular formula is C20H40O5Si. The number of methoxy groups -OCH3 is 1. The van der Waals surface area contributed by atoms with E-state index < -0.39 is 8.32 Å². The summed E-state index contributed by atoms with van der Waals surface area (Å²) in [5, 5.41) is 9.38. The fourth-order valence-electron chi connectivity index (χ4n) is 4.78. The van der Waals surface area contributed by atoms with Crippen molar-refractivity contribution in [2.75, 3.05) is 13.7 Å². The predicted molar refractivity (Wildman–Crippen MR) is 107 cm³/mol. The van der Waals surface area contributed by atoms with Crippen LogP contribution < -0.4 is 0 Å². The molecular weight excluding hydrogens is 348 g/mol. The Balaban J connectivity index is 3.10. The number of carbonyl (C=O) groups excluding carboxylic acids is 1. The minimum absolute atomic E-state index is 0.0498. The van der Waals surface area contributed by atoms with Crippen LogP contribution in [0.2, 0.25) is 16.6 Å². The van der Waals surface area contributed by atoms with Crippen LogP contribution in [0.15, 0.2) is 0 Å². The van der Waals surface area contributed by atoms with Gasteiger partial charge in [0, 0.05) is 12.5 Å². The summed E-state index contributed by atoms with van der Waals surface area (Å²) < 4.78 is 18.0. The Kier molecular flexibility index (Phi) is 9.26. The van der Waals surface area contributed by atoms with E-state index >= 15 is 0 Å². The Hall–Kier alpha value is -0.433. The van der Waals surface area contributed by atoms with E-state index in [-0.39, 0.29) is 43.2 Å². The number of aliphatic hydroxyl groups excluding tert-OH is 1. The Labute approximate surface area is 160 Å². The lowest BCUT2D eigenvalue weighted by atomic mass is 9.88. The SMILES string of the molecule is COC(=O)C[C@@H]1O[C@H](CCO)C[C@H](O[Si](C(C)C)(C(C)C)C(C)C)[C@H]1C. The molecule has 4 atom stereocenters. The summed E-state index contributed by atoms with van der Waals surface area (Å²) in [4.78, 5) is 11.8. The smallest absolute Gasteiger partial charge is 0.308 e. The van der Waals surface area contributed by atoms with Crippen LogP contribution in [0, 0.1) is 5.92 Å². The van der Waals surface area contributed by atoms with Gasteiger partial charge < -0.3 is 19.0 Å². The topological polar surface area (TPSA) is 65.0 Å². The molecule has 1 rings (SSSR count). The van der Waals surface area contributed by atoms with Crippen LogP contribution in [0.4, 0.5) is 0 Å². The van der Waals surface area contributed by atoms with Gasteiger partial charge in [0.25, 0.3) is 0 Å². The molecule has 1 heterocycles. The first kappa shape index (κ1) is 23.6. The molecule has 6 heteroatoms. The number of esters is 1. The largest absolute Gasteiger partial charge is 0.469 e. The van der Waals surface area contributed by atoms with Crippen LogP contribution in [0.5, 0.6) is 0 Å². The van der Waals surface area contributed by atoms with Gasteiger partial charge in [0.2, 0.25) is 8.32 Å². The molecule has 1 aliphatic heterocycles. The van der Waals surface area contributed by atoms with Crippen molar-refractivity contribution < 1.29 is 23.8 Å². The van der Waals surface area contributed by atoms with Crippen molar-refractivity contribution in [2.24, 2.45) is 5.92 Å². The third-order valence-electron chi connectivity index (χ3n) is 6.14. The number of ether oxygens (including phenoxy) is 2. The van der Waals surface area contributed by atoms with Crippen LogP contribution in [-0.4, -0.2) is 51.4 Å². The van der Waals surface area contributed by atoms with Crippen molar-refractivity contribution in [1.29, 1.82) is 0 Å². The van der Waals surface area contributed by atoms with E-state index in [9.17, 15) is 9.90 Å². The third kappa shape index (κ3) is 5.30. The van der Waals surface area contributed by atoms with Crippen LogP contribution in [-0.2, 0) is 18.7 Å². The Bertz CT molecular complexity index is 416. The Morgan fingerprint density at radius 2 is 1.69 bits per heavy atom. The Morgan fingerprint density at radius 1 is 1.15 bits per heavy atom. The van der Waals surface area contributed by atoms with Crippen LogP contribution >= 0.6 is 0 Å². The second kappa shape index (κ2) is 10.2. The first-order chi connectivity index (χ1) is 12.1. The molecule has 0 spiro atoms. The molecule has 0 aliphatic carbocycles. The molecule has 1 N–H and O–H groups in total. The van der Waals surface area contributed by atoms with Gasteiger partial charge in [-0.15, -0.1) is 0 Å². The molecule has 1 fully saturated rings. The van der Waals surface area contributed by atoms with Gasteiger partial charge in [-0.05, 0) is 29.5 Å². The molecule has 0 unspecified atom stereocenters. The van der Waals surface area contributed by atoms with Crippen molar-refractivity contribution in [3.8, 4) is 0 Å². The zero-order valence-corrected chi connectivity index (χ0v) is 19.0. The van der Waals surface area contributed by atoms with Gasteiger partial charge in [-0.1, -0.05) is 48.5 Å². The maximum Gasteiger partial charge on any atom is 0.308 e. The van der Waals surface area contributed by atoms with Gasteiger partial charge in [0.1, 0.15) is 0 Å². The van der Waals surface area contributed by atoms with E-state index in [1.807, 2.05) is 0 Å². The molecule has 0 aromatic rings. The number of aliphatic hydroxyl groups is 1. The highest BCUT2D eigenvalue weighted by atomic mass is 28.4. The summed E-state index contributed by atoms with van der Waals surface area (Å²) >= 11 is 0. The molecule has 0 aromatic heterocycles. The van der Waals surface area contributed by atoms with Gasteiger partial charge >= 0.3 is 5.97 Å². The van der Waals surface area contributed by atoms with Crippen molar-refractivity contribution >= 4 is 14.3 Å². The number of rotatable bonds is 9. The summed E-state index contributed by atoms with van der Waals surface area (Å²) in [5.74, 6) is -0.141. The number of hydrogen-bond donors (Lipinski definition) is 1. The molecule has 1 aliphatic rings. The lowest BCUT2D eigenvalue weighted by molar-refractivity contribution is -0.159. The van der Waals surface area contributed by atoms with Gasteiger partial charge in [0.15, 0.2) is 0 Å². The van der Waals surface area contributed by atoms with E-state index in [1.54, 1.807) is 0 Å².